The Bertz CT molecular complexity index is 234. The van der Waals surface area contributed by atoms with Crippen LogP contribution in [0, 0.1) is 0 Å². The molecule has 0 radical (unpaired) electrons. The molecule has 0 unspecified atom stereocenters. The molecular weight excluding hydrogens is 241 g/mol. The fraction of sp³-hybridized carbons (Fsp3) is 0.889. The minimum absolute atomic E-state index is 0.121. The van der Waals surface area contributed by atoms with Crippen LogP contribution in [0.15, 0.2) is 0 Å². The predicted octanol–water partition coefficient (Wildman–Crippen LogP) is 0.865. The molecule has 0 saturated heterocycles. The van der Waals surface area contributed by atoms with Crippen molar-refractivity contribution in [2.75, 3.05) is 26.4 Å². The summed E-state index contributed by atoms with van der Waals surface area (Å²) >= 11 is 0. The molecule has 5 nitrogen and oxygen atoms in total. The van der Waals surface area contributed by atoms with Crippen LogP contribution in [-0.4, -0.2) is 54.7 Å². The number of rotatable bonds is 8. The Kier molecular flexibility index (Phi) is 7.09. The van der Waals surface area contributed by atoms with Gasteiger partial charge in [-0.3, -0.25) is 14.4 Å². The number of nitrogens with zero attached hydrogens (tertiary/aromatic N) is 1. The van der Waals surface area contributed by atoms with Gasteiger partial charge in [0.2, 0.25) is 0 Å². The zero-order chi connectivity index (χ0) is 13.5. The van der Waals surface area contributed by atoms with E-state index in [9.17, 15) is 18.0 Å². The number of nitrogens with one attached hydrogen (secondary N) is 1. The van der Waals surface area contributed by atoms with Gasteiger partial charge >= 0.3 is 12.3 Å². The number of hydrogen-bond acceptors (Lipinski definition) is 4. The standard InChI is InChI=1S/C9H17F3N2O3/c1-7(2)14(6-17-9(10,11)12)4-3-13-5-8(15)16/h7,13H,3-6H2,1-2H3,(H,15,16). The molecule has 2 N–H and O–H groups in total. The van der Waals surface area contributed by atoms with Gasteiger partial charge in [-0.2, -0.15) is 0 Å². The molecule has 0 fully saturated rings. The van der Waals surface area contributed by atoms with Gasteiger partial charge in [0.1, 0.15) is 6.73 Å². The average molecular weight is 258 g/mol. The number of ether oxygens (including phenoxy) is 1. The highest BCUT2D eigenvalue weighted by Gasteiger charge is 2.30. The summed E-state index contributed by atoms with van der Waals surface area (Å²) in [6, 6.07) is -0.121. The molecule has 0 bridgehead atoms. The highest BCUT2D eigenvalue weighted by molar-refractivity contribution is 5.68. The van der Waals surface area contributed by atoms with E-state index in [0.717, 1.165) is 0 Å². The van der Waals surface area contributed by atoms with E-state index in [1.54, 1.807) is 13.8 Å². The first-order valence-electron chi connectivity index (χ1n) is 5.09. The van der Waals surface area contributed by atoms with E-state index in [-0.39, 0.29) is 25.7 Å². The van der Waals surface area contributed by atoms with Crippen molar-refractivity contribution in [1.29, 1.82) is 0 Å². The molecule has 0 aromatic rings. The number of carboxylic acid groups (broad SMARTS) is 1. The lowest BCUT2D eigenvalue weighted by atomic mass is 10.3. The van der Waals surface area contributed by atoms with Crippen molar-refractivity contribution in [2.45, 2.75) is 26.3 Å². The lowest BCUT2D eigenvalue weighted by Crippen LogP contribution is -2.40. The lowest BCUT2D eigenvalue weighted by molar-refractivity contribution is -0.337. The third-order valence-electron chi connectivity index (χ3n) is 1.98. The van der Waals surface area contributed by atoms with Gasteiger partial charge in [0.25, 0.3) is 0 Å². The molecule has 0 amide bonds. The molecule has 0 aliphatic carbocycles. The molecule has 0 saturated carbocycles. The molecule has 0 aliphatic rings. The smallest absolute Gasteiger partial charge is 0.480 e. The van der Waals surface area contributed by atoms with Gasteiger partial charge in [-0.05, 0) is 13.8 Å². The van der Waals surface area contributed by atoms with Gasteiger partial charge in [0, 0.05) is 19.1 Å². The summed E-state index contributed by atoms with van der Waals surface area (Å²) in [5.41, 5.74) is 0. The summed E-state index contributed by atoms with van der Waals surface area (Å²) < 4.78 is 39.2. The maximum Gasteiger partial charge on any atom is 0.523 e. The molecule has 102 valence electrons. The summed E-state index contributed by atoms with van der Waals surface area (Å²) in [7, 11) is 0. The van der Waals surface area contributed by atoms with Gasteiger partial charge in [0.05, 0.1) is 6.54 Å². The second-order valence-electron chi connectivity index (χ2n) is 3.70. The number of aliphatic carboxylic acids is 1. The van der Waals surface area contributed by atoms with Crippen LogP contribution in [0.2, 0.25) is 0 Å². The van der Waals surface area contributed by atoms with E-state index in [4.69, 9.17) is 5.11 Å². The first-order valence-corrected chi connectivity index (χ1v) is 5.09. The Balaban J connectivity index is 3.87. The van der Waals surface area contributed by atoms with E-state index in [2.05, 4.69) is 10.1 Å². The molecule has 8 heteroatoms. The number of alkyl halides is 3. The van der Waals surface area contributed by atoms with E-state index < -0.39 is 19.1 Å². The minimum Gasteiger partial charge on any atom is -0.480 e. The number of halogens is 3. The summed E-state index contributed by atoms with van der Waals surface area (Å²) in [5, 5.41) is 10.9. The fourth-order valence-corrected chi connectivity index (χ4v) is 1.05. The summed E-state index contributed by atoms with van der Waals surface area (Å²) in [6.45, 7) is 3.25. The third kappa shape index (κ3) is 10.0. The lowest BCUT2D eigenvalue weighted by Gasteiger charge is -2.26. The topological polar surface area (TPSA) is 61.8 Å². The van der Waals surface area contributed by atoms with E-state index in [1.165, 1.54) is 4.90 Å². The minimum atomic E-state index is -4.65. The van der Waals surface area contributed by atoms with E-state index in [1.807, 2.05) is 0 Å². The quantitative estimate of drug-likeness (QED) is 0.499. The van der Waals surface area contributed by atoms with Crippen molar-refractivity contribution in [2.24, 2.45) is 0 Å². The number of hydrogen-bond donors (Lipinski definition) is 2. The van der Waals surface area contributed by atoms with Crippen molar-refractivity contribution in [1.82, 2.24) is 10.2 Å². The Labute approximate surface area is 97.5 Å². The first-order chi connectivity index (χ1) is 7.72. The van der Waals surface area contributed by atoms with Crippen LogP contribution in [0.4, 0.5) is 13.2 Å². The van der Waals surface area contributed by atoms with Gasteiger partial charge in [-0.15, -0.1) is 13.2 Å². The number of carboxylic acids is 1. The average Bonchev–Trinajstić information content (AvgIpc) is 2.13. The van der Waals surface area contributed by atoms with Gasteiger partial charge in [-0.25, -0.2) is 0 Å². The molecule has 0 heterocycles. The Morgan fingerprint density at radius 3 is 2.47 bits per heavy atom. The molecule has 0 aromatic carbocycles. The fourth-order valence-electron chi connectivity index (χ4n) is 1.05. The summed E-state index contributed by atoms with van der Waals surface area (Å²) in [6.07, 6.45) is -4.65. The molecule has 0 atom stereocenters. The van der Waals surface area contributed by atoms with E-state index >= 15 is 0 Å². The van der Waals surface area contributed by atoms with Crippen LogP contribution in [-0.2, 0) is 9.53 Å². The zero-order valence-electron chi connectivity index (χ0n) is 9.75. The van der Waals surface area contributed by atoms with Crippen LogP contribution in [0.25, 0.3) is 0 Å². The van der Waals surface area contributed by atoms with Crippen molar-refractivity contribution in [3.63, 3.8) is 0 Å². The first kappa shape index (κ1) is 16.1. The summed E-state index contributed by atoms with van der Waals surface area (Å²) in [5.74, 6) is -1.01. The maximum absolute atomic E-state index is 11.8. The zero-order valence-corrected chi connectivity index (χ0v) is 9.75. The molecular formula is C9H17F3N2O3. The molecule has 17 heavy (non-hydrogen) atoms. The highest BCUT2D eigenvalue weighted by Crippen LogP contribution is 2.16. The van der Waals surface area contributed by atoms with Crippen LogP contribution in [0.3, 0.4) is 0 Å². The van der Waals surface area contributed by atoms with Crippen LogP contribution >= 0.6 is 0 Å². The summed E-state index contributed by atoms with van der Waals surface area (Å²) in [4.78, 5) is 11.6. The molecule has 0 spiro atoms. The van der Waals surface area contributed by atoms with Gasteiger partial charge in [-0.1, -0.05) is 0 Å². The normalized spacial score (nSPS) is 12.4. The van der Waals surface area contributed by atoms with E-state index in [0.29, 0.717) is 0 Å². The van der Waals surface area contributed by atoms with Crippen molar-refractivity contribution in [3.8, 4) is 0 Å². The van der Waals surface area contributed by atoms with Crippen LogP contribution in [0.1, 0.15) is 13.8 Å². The maximum atomic E-state index is 11.8. The highest BCUT2D eigenvalue weighted by atomic mass is 19.4. The second kappa shape index (κ2) is 7.46. The second-order valence-corrected chi connectivity index (χ2v) is 3.70. The largest absolute Gasteiger partial charge is 0.523 e. The van der Waals surface area contributed by atoms with Crippen molar-refractivity contribution in [3.05, 3.63) is 0 Å². The molecule has 0 aliphatic heterocycles. The number of carbonyl (C=O) groups is 1. The van der Waals surface area contributed by atoms with Crippen molar-refractivity contribution >= 4 is 5.97 Å². The Hall–Kier alpha value is -0.860. The SMILES string of the molecule is CC(C)N(CCNCC(=O)O)COC(F)(F)F. The monoisotopic (exact) mass is 258 g/mol. The predicted molar refractivity (Wildman–Crippen MR) is 54.4 cm³/mol. The van der Waals surface area contributed by atoms with Crippen LogP contribution in [0.5, 0.6) is 0 Å². The molecule has 0 rings (SSSR count). The third-order valence-corrected chi connectivity index (χ3v) is 1.98. The Morgan fingerprint density at radius 1 is 1.47 bits per heavy atom. The van der Waals surface area contributed by atoms with Crippen molar-refractivity contribution < 1.29 is 27.8 Å². The van der Waals surface area contributed by atoms with Gasteiger partial charge in [0.15, 0.2) is 0 Å². The Morgan fingerprint density at radius 2 is 2.06 bits per heavy atom. The van der Waals surface area contributed by atoms with Crippen LogP contribution < -0.4 is 5.32 Å². The van der Waals surface area contributed by atoms with Gasteiger partial charge < -0.3 is 10.4 Å². The molecule has 0 aromatic heterocycles.